The molecule has 2 rings (SSSR count). The van der Waals surface area contributed by atoms with Gasteiger partial charge in [-0.05, 0) is 23.8 Å². The van der Waals surface area contributed by atoms with Gasteiger partial charge in [0.05, 0.1) is 11.7 Å². The van der Waals surface area contributed by atoms with E-state index in [4.69, 9.17) is 5.84 Å². The molecule has 20 heavy (non-hydrogen) atoms. The molecule has 0 amide bonds. The molecule has 1 unspecified atom stereocenters. The average molecular weight is 286 g/mol. The highest BCUT2D eigenvalue weighted by Gasteiger charge is 2.31. The maximum atomic E-state index is 12.1. The topological polar surface area (TPSA) is 65.1 Å². The smallest absolute Gasteiger partial charge is 0.406 e. The second-order valence-electron chi connectivity index (χ2n) is 4.13. The number of halogens is 3. The van der Waals surface area contributed by atoms with E-state index in [1.165, 1.54) is 24.3 Å². The Morgan fingerprint density at radius 2 is 1.90 bits per heavy atom. The first-order chi connectivity index (χ1) is 9.39. The molecule has 2 aromatic rings. The summed E-state index contributed by atoms with van der Waals surface area (Å²) in [5.74, 6) is 5.20. The van der Waals surface area contributed by atoms with E-state index in [0.29, 0.717) is 11.3 Å². The van der Waals surface area contributed by atoms with E-state index in [1.807, 2.05) is 0 Å². The van der Waals surface area contributed by atoms with Crippen LogP contribution in [0.15, 0.2) is 36.5 Å². The van der Waals surface area contributed by atoms with E-state index in [-0.39, 0.29) is 5.75 Å². The number of nitrogens with two attached hydrogens (primary N) is 1. The Labute approximate surface area is 113 Å². The Hall–Kier alpha value is -2.06. The third-order valence-electron chi connectivity index (χ3n) is 2.64. The number of hydrazine groups is 1. The molecule has 0 aliphatic rings. The summed E-state index contributed by atoms with van der Waals surface area (Å²) in [5.41, 5.74) is 3.92. The molecule has 0 saturated heterocycles. The van der Waals surface area contributed by atoms with Gasteiger partial charge in [-0.1, -0.05) is 12.1 Å². The highest BCUT2D eigenvalue weighted by molar-refractivity contribution is 5.33. The number of hydrogen-bond donors (Lipinski definition) is 2. The zero-order valence-corrected chi connectivity index (χ0v) is 10.6. The molecule has 8 heteroatoms. The summed E-state index contributed by atoms with van der Waals surface area (Å²) in [6, 6.07) is 6.83. The van der Waals surface area contributed by atoms with Gasteiger partial charge in [0.2, 0.25) is 0 Å². The molecule has 1 aromatic carbocycles. The molecule has 3 N–H and O–H groups in total. The Morgan fingerprint density at radius 1 is 1.25 bits per heavy atom. The molecule has 1 heterocycles. The van der Waals surface area contributed by atoms with E-state index < -0.39 is 12.4 Å². The summed E-state index contributed by atoms with van der Waals surface area (Å²) >= 11 is 0. The van der Waals surface area contributed by atoms with Crippen LogP contribution in [0.4, 0.5) is 13.2 Å². The molecular formula is C12H13F3N4O. The lowest BCUT2D eigenvalue weighted by Crippen LogP contribution is -2.29. The third-order valence-corrected chi connectivity index (χ3v) is 2.64. The van der Waals surface area contributed by atoms with Crippen LogP contribution in [-0.2, 0) is 7.05 Å². The Balaban J connectivity index is 2.19. The van der Waals surface area contributed by atoms with Gasteiger partial charge >= 0.3 is 6.36 Å². The largest absolute Gasteiger partial charge is 0.573 e. The molecule has 108 valence electrons. The number of alkyl halides is 3. The van der Waals surface area contributed by atoms with E-state index in [2.05, 4.69) is 15.3 Å². The van der Waals surface area contributed by atoms with Crippen molar-refractivity contribution in [3.05, 3.63) is 47.8 Å². The van der Waals surface area contributed by atoms with Gasteiger partial charge in [0.1, 0.15) is 5.75 Å². The summed E-state index contributed by atoms with van der Waals surface area (Å²) in [6.45, 7) is 0. The minimum Gasteiger partial charge on any atom is -0.406 e. The van der Waals surface area contributed by atoms with Crippen molar-refractivity contribution in [3.8, 4) is 5.75 Å². The van der Waals surface area contributed by atoms with Crippen LogP contribution < -0.4 is 16.0 Å². The number of aryl methyl sites for hydroxylation is 1. The molecule has 0 saturated carbocycles. The van der Waals surface area contributed by atoms with Crippen LogP contribution in [0.1, 0.15) is 17.3 Å². The van der Waals surface area contributed by atoms with E-state index >= 15 is 0 Å². The summed E-state index contributed by atoms with van der Waals surface area (Å²) < 4.78 is 41.6. The van der Waals surface area contributed by atoms with Gasteiger partial charge in [0.15, 0.2) is 0 Å². The third kappa shape index (κ3) is 3.49. The number of rotatable bonds is 4. The predicted octanol–water partition coefficient (Wildman–Crippen LogP) is 1.87. The second-order valence-corrected chi connectivity index (χ2v) is 4.13. The van der Waals surface area contributed by atoms with Crippen molar-refractivity contribution in [1.29, 1.82) is 0 Å². The zero-order chi connectivity index (χ0) is 14.8. The van der Waals surface area contributed by atoms with Gasteiger partial charge < -0.3 is 4.74 Å². The first-order valence-electron chi connectivity index (χ1n) is 5.70. The van der Waals surface area contributed by atoms with Crippen molar-refractivity contribution in [3.63, 3.8) is 0 Å². The molecule has 0 aliphatic heterocycles. The molecule has 1 aromatic heterocycles. The number of aromatic nitrogens is 2. The van der Waals surface area contributed by atoms with Gasteiger partial charge in [-0.15, -0.1) is 13.2 Å². The van der Waals surface area contributed by atoms with Crippen molar-refractivity contribution in [2.24, 2.45) is 12.9 Å². The van der Waals surface area contributed by atoms with Gasteiger partial charge in [0, 0.05) is 13.2 Å². The van der Waals surface area contributed by atoms with Crippen molar-refractivity contribution in [1.82, 2.24) is 15.2 Å². The summed E-state index contributed by atoms with van der Waals surface area (Å²) in [5, 5.41) is 4.20. The van der Waals surface area contributed by atoms with Crippen LogP contribution in [-0.4, -0.2) is 16.1 Å². The lowest BCUT2D eigenvalue weighted by atomic mass is 10.0. The van der Waals surface area contributed by atoms with Gasteiger partial charge in [0.25, 0.3) is 0 Å². The van der Waals surface area contributed by atoms with Crippen LogP contribution in [0.25, 0.3) is 0 Å². The maximum Gasteiger partial charge on any atom is 0.573 e. The fraction of sp³-hybridized carbons (Fsp3) is 0.250. The number of nitrogens with zero attached hydrogens (tertiary/aromatic N) is 2. The van der Waals surface area contributed by atoms with Crippen LogP contribution >= 0.6 is 0 Å². The number of nitrogens with one attached hydrogen (secondary N) is 1. The number of benzene rings is 1. The molecule has 0 spiro atoms. The number of ether oxygens (including phenoxy) is 1. The molecule has 0 aliphatic carbocycles. The number of hydrogen-bond acceptors (Lipinski definition) is 4. The molecule has 0 fully saturated rings. The maximum absolute atomic E-state index is 12.1. The van der Waals surface area contributed by atoms with E-state index in [9.17, 15) is 13.2 Å². The lowest BCUT2D eigenvalue weighted by molar-refractivity contribution is -0.274. The van der Waals surface area contributed by atoms with Crippen LogP contribution in [0.2, 0.25) is 0 Å². The first-order valence-corrected chi connectivity index (χ1v) is 5.70. The van der Waals surface area contributed by atoms with E-state index in [1.54, 1.807) is 24.0 Å². The zero-order valence-electron chi connectivity index (χ0n) is 10.6. The quantitative estimate of drug-likeness (QED) is 0.665. The van der Waals surface area contributed by atoms with Crippen LogP contribution in [0.3, 0.4) is 0 Å². The SMILES string of the molecule is Cn1ccc(C(NN)c2ccc(OC(F)(F)F)cc2)n1. The minimum atomic E-state index is -4.70. The minimum absolute atomic E-state index is 0.280. The molecule has 5 nitrogen and oxygen atoms in total. The Bertz CT molecular complexity index is 565. The molecule has 0 bridgehead atoms. The normalized spacial score (nSPS) is 13.2. The fourth-order valence-corrected chi connectivity index (χ4v) is 1.80. The van der Waals surface area contributed by atoms with Crippen molar-refractivity contribution in [2.45, 2.75) is 12.4 Å². The summed E-state index contributed by atoms with van der Waals surface area (Å²) in [4.78, 5) is 0. The average Bonchev–Trinajstić information content (AvgIpc) is 2.77. The highest BCUT2D eigenvalue weighted by Crippen LogP contribution is 2.26. The second kappa shape index (κ2) is 5.51. The van der Waals surface area contributed by atoms with Gasteiger partial charge in [-0.2, -0.15) is 5.10 Å². The highest BCUT2D eigenvalue weighted by atomic mass is 19.4. The first kappa shape index (κ1) is 14.4. The predicted molar refractivity (Wildman–Crippen MR) is 65.5 cm³/mol. The van der Waals surface area contributed by atoms with Crippen LogP contribution in [0.5, 0.6) is 5.75 Å². The lowest BCUT2D eigenvalue weighted by Gasteiger charge is -2.15. The van der Waals surface area contributed by atoms with Gasteiger partial charge in [-0.25, -0.2) is 5.43 Å². The van der Waals surface area contributed by atoms with Crippen LogP contribution in [0, 0.1) is 0 Å². The molecular weight excluding hydrogens is 273 g/mol. The Morgan fingerprint density at radius 3 is 2.35 bits per heavy atom. The van der Waals surface area contributed by atoms with Gasteiger partial charge in [-0.3, -0.25) is 10.5 Å². The van der Waals surface area contributed by atoms with Crippen molar-refractivity contribution in [2.75, 3.05) is 0 Å². The summed E-state index contributed by atoms with van der Waals surface area (Å²) in [7, 11) is 1.76. The molecule has 0 radical (unpaired) electrons. The van der Waals surface area contributed by atoms with E-state index in [0.717, 1.165) is 0 Å². The fourth-order valence-electron chi connectivity index (χ4n) is 1.80. The Kier molecular flexibility index (Phi) is 3.96. The van der Waals surface area contributed by atoms with Crippen molar-refractivity contribution < 1.29 is 17.9 Å². The standard InChI is InChI=1S/C12H13F3N4O/c1-19-7-6-10(18-19)11(17-16)8-2-4-9(5-3-8)20-12(13,14)15/h2-7,11,17H,16H2,1H3. The monoisotopic (exact) mass is 286 g/mol. The summed E-state index contributed by atoms with van der Waals surface area (Å²) in [6.07, 6.45) is -2.95. The van der Waals surface area contributed by atoms with Crippen molar-refractivity contribution >= 4 is 0 Å². The molecule has 1 atom stereocenters.